The van der Waals surface area contributed by atoms with E-state index in [4.69, 9.17) is 4.74 Å². The number of amides is 1. The third kappa shape index (κ3) is 1.82. The second kappa shape index (κ2) is 3.93. The Balaban J connectivity index is 2.29. The Morgan fingerprint density at radius 3 is 2.60 bits per heavy atom. The van der Waals surface area contributed by atoms with Crippen LogP contribution in [0.25, 0.3) is 0 Å². The maximum Gasteiger partial charge on any atom is 0.414 e. The van der Waals surface area contributed by atoms with Crippen LogP contribution < -0.4 is 4.90 Å². The van der Waals surface area contributed by atoms with Crippen molar-refractivity contribution in [2.75, 3.05) is 11.5 Å². The summed E-state index contributed by atoms with van der Waals surface area (Å²) < 4.78 is 5.08. The van der Waals surface area contributed by atoms with Crippen LogP contribution in [0.2, 0.25) is 0 Å². The monoisotopic (exact) mass is 205 g/mol. The van der Waals surface area contributed by atoms with E-state index in [0.717, 1.165) is 5.69 Å². The zero-order chi connectivity index (χ0) is 10.8. The van der Waals surface area contributed by atoms with E-state index in [9.17, 15) is 4.79 Å². The summed E-state index contributed by atoms with van der Waals surface area (Å²) in [6.07, 6.45) is -0.236. The van der Waals surface area contributed by atoms with E-state index in [2.05, 4.69) is 13.8 Å². The Bertz CT molecular complexity index is 348. The Labute approximate surface area is 89.7 Å². The molecule has 1 aromatic rings. The molecule has 0 radical (unpaired) electrons. The number of hydrogen-bond acceptors (Lipinski definition) is 2. The molecule has 1 fully saturated rings. The lowest BCUT2D eigenvalue weighted by molar-refractivity contribution is 0.177. The molecular formula is C12H15NO2. The average Bonchev–Trinajstić information content (AvgIpc) is 2.61. The van der Waals surface area contributed by atoms with Crippen LogP contribution in [0.15, 0.2) is 30.3 Å². The third-order valence-electron chi connectivity index (χ3n) is 2.71. The molecule has 1 heterocycles. The summed E-state index contributed by atoms with van der Waals surface area (Å²) in [4.78, 5) is 13.3. The van der Waals surface area contributed by atoms with Gasteiger partial charge >= 0.3 is 6.09 Å². The van der Waals surface area contributed by atoms with Crippen molar-refractivity contribution < 1.29 is 9.53 Å². The van der Waals surface area contributed by atoms with Gasteiger partial charge in [0, 0.05) is 5.69 Å². The van der Waals surface area contributed by atoms with E-state index in [1.807, 2.05) is 30.3 Å². The highest BCUT2D eigenvalue weighted by molar-refractivity contribution is 5.90. The van der Waals surface area contributed by atoms with Crippen molar-refractivity contribution >= 4 is 11.8 Å². The predicted octanol–water partition coefficient (Wildman–Crippen LogP) is 2.67. The quantitative estimate of drug-likeness (QED) is 0.742. The molecule has 0 aliphatic carbocycles. The smallest absolute Gasteiger partial charge is 0.414 e. The van der Waals surface area contributed by atoms with Gasteiger partial charge in [-0.05, 0) is 18.1 Å². The number of benzene rings is 1. The summed E-state index contributed by atoms with van der Waals surface area (Å²) in [5.74, 6) is 0.400. The molecule has 0 bridgehead atoms. The average molecular weight is 205 g/mol. The van der Waals surface area contributed by atoms with Crippen molar-refractivity contribution in [3.63, 3.8) is 0 Å². The van der Waals surface area contributed by atoms with Crippen molar-refractivity contribution in [1.82, 2.24) is 0 Å². The highest BCUT2D eigenvalue weighted by Gasteiger charge is 2.35. The maximum atomic E-state index is 11.6. The summed E-state index contributed by atoms with van der Waals surface area (Å²) in [5, 5.41) is 0. The number of nitrogens with zero attached hydrogens (tertiary/aromatic N) is 1. The number of carbonyl (C=O) groups is 1. The molecule has 0 saturated carbocycles. The minimum atomic E-state index is -0.236. The lowest BCUT2D eigenvalue weighted by atomic mass is 10.0. The van der Waals surface area contributed by atoms with Crippen LogP contribution in [0.5, 0.6) is 0 Å². The number of carbonyl (C=O) groups excluding carboxylic acids is 1. The largest absolute Gasteiger partial charge is 0.447 e. The fourth-order valence-electron chi connectivity index (χ4n) is 1.81. The van der Waals surface area contributed by atoms with E-state index in [-0.39, 0.29) is 12.1 Å². The van der Waals surface area contributed by atoms with Gasteiger partial charge in [-0.1, -0.05) is 32.0 Å². The summed E-state index contributed by atoms with van der Waals surface area (Å²) in [6, 6.07) is 9.82. The molecule has 0 spiro atoms. The number of cyclic esters (lactones) is 1. The molecule has 1 aliphatic heterocycles. The van der Waals surface area contributed by atoms with Crippen LogP contribution in [0, 0.1) is 5.92 Å². The standard InChI is InChI=1S/C12H15NO2/c1-9(2)11-8-15-12(14)13(11)10-6-4-3-5-7-10/h3-7,9,11H,8H2,1-2H3. The van der Waals surface area contributed by atoms with Crippen LogP contribution >= 0.6 is 0 Å². The minimum Gasteiger partial charge on any atom is -0.447 e. The van der Waals surface area contributed by atoms with Gasteiger partial charge in [0.05, 0.1) is 6.04 Å². The number of anilines is 1. The molecule has 2 rings (SSSR count). The van der Waals surface area contributed by atoms with Crippen molar-refractivity contribution in [2.24, 2.45) is 5.92 Å². The second-order valence-corrected chi connectivity index (χ2v) is 4.09. The summed E-state index contributed by atoms with van der Waals surface area (Å²) in [7, 11) is 0. The fourth-order valence-corrected chi connectivity index (χ4v) is 1.81. The maximum absolute atomic E-state index is 11.6. The molecule has 80 valence electrons. The van der Waals surface area contributed by atoms with Crippen molar-refractivity contribution in [3.8, 4) is 0 Å². The molecule has 1 atom stereocenters. The first-order valence-corrected chi connectivity index (χ1v) is 5.21. The van der Waals surface area contributed by atoms with E-state index in [0.29, 0.717) is 12.5 Å². The Morgan fingerprint density at radius 1 is 1.33 bits per heavy atom. The zero-order valence-electron chi connectivity index (χ0n) is 9.01. The molecule has 1 aliphatic rings. The van der Waals surface area contributed by atoms with E-state index >= 15 is 0 Å². The van der Waals surface area contributed by atoms with Crippen LogP contribution in [-0.4, -0.2) is 18.7 Å². The molecule has 1 saturated heterocycles. The molecule has 1 aromatic carbocycles. The summed E-state index contributed by atoms with van der Waals surface area (Å²) in [6.45, 7) is 4.69. The summed E-state index contributed by atoms with van der Waals surface area (Å²) in [5.41, 5.74) is 0.915. The van der Waals surface area contributed by atoms with Gasteiger partial charge in [0.2, 0.25) is 0 Å². The van der Waals surface area contributed by atoms with Crippen LogP contribution in [0.4, 0.5) is 10.5 Å². The Hall–Kier alpha value is -1.51. The van der Waals surface area contributed by atoms with Gasteiger partial charge in [-0.15, -0.1) is 0 Å². The first-order chi connectivity index (χ1) is 7.20. The molecule has 15 heavy (non-hydrogen) atoms. The van der Waals surface area contributed by atoms with Crippen molar-refractivity contribution in [1.29, 1.82) is 0 Å². The SMILES string of the molecule is CC(C)C1COC(=O)N1c1ccccc1. The molecule has 3 heteroatoms. The van der Waals surface area contributed by atoms with Gasteiger partial charge in [0.1, 0.15) is 6.61 Å². The van der Waals surface area contributed by atoms with Gasteiger partial charge in [-0.3, -0.25) is 4.90 Å². The van der Waals surface area contributed by atoms with Crippen molar-refractivity contribution in [3.05, 3.63) is 30.3 Å². The van der Waals surface area contributed by atoms with Gasteiger partial charge in [-0.2, -0.15) is 0 Å². The summed E-state index contributed by atoms with van der Waals surface area (Å²) >= 11 is 0. The number of rotatable bonds is 2. The molecule has 3 nitrogen and oxygen atoms in total. The van der Waals surface area contributed by atoms with Gasteiger partial charge < -0.3 is 4.74 Å². The Morgan fingerprint density at radius 2 is 2.00 bits per heavy atom. The first kappa shape index (κ1) is 10.0. The highest BCUT2D eigenvalue weighted by atomic mass is 16.6. The third-order valence-corrected chi connectivity index (χ3v) is 2.71. The lowest BCUT2D eigenvalue weighted by Crippen LogP contribution is -2.37. The molecular weight excluding hydrogens is 190 g/mol. The first-order valence-electron chi connectivity index (χ1n) is 5.21. The molecule has 0 N–H and O–H groups in total. The van der Waals surface area contributed by atoms with Gasteiger partial charge in [-0.25, -0.2) is 4.79 Å². The lowest BCUT2D eigenvalue weighted by Gasteiger charge is -2.24. The second-order valence-electron chi connectivity index (χ2n) is 4.09. The number of hydrogen-bond donors (Lipinski definition) is 0. The van der Waals surface area contributed by atoms with E-state index in [1.54, 1.807) is 4.90 Å². The van der Waals surface area contributed by atoms with Gasteiger partial charge in [0.25, 0.3) is 0 Å². The van der Waals surface area contributed by atoms with E-state index < -0.39 is 0 Å². The van der Waals surface area contributed by atoms with E-state index in [1.165, 1.54) is 0 Å². The minimum absolute atomic E-state index is 0.153. The zero-order valence-corrected chi connectivity index (χ0v) is 9.01. The Kier molecular flexibility index (Phi) is 2.62. The van der Waals surface area contributed by atoms with Crippen LogP contribution in [0.1, 0.15) is 13.8 Å². The normalized spacial score (nSPS) is 20.9. The molecule has 0 aromatic heterocycles. The topological polar surface area (TPSA) is 29.5 Å². The highest BCUT2D eigenvalue weighted by Crippen LogP contribution is 2.26. The van der Waals surface area contributed by atoms with Crippen molar-refractivity contribution in [2.45, 2.75) is 19.9 Å². The fraction of sp³-hybridized carbons (Fsp3) is 0.417. The number of ether oxygens (including phenoxy) is 1. The van der Waals surface area contributed by atoms with Crippen LogP contribution in [0.3, 0.4) is 0 Å². The number of para-hydroxylation sites is 1. The van der Waals surface area contributed by atoms with Gasteiger partial charge in [0.15, 0.2) is 0 Å². The van der Waals surface area contributed by atoms with Crippen LogP contribution in [-0.2, 0) is 4.74 Å². The molecule has 1 unspecified atom stereocenters. The molecule has 1 amide bonds. The predicted molar refractivity (Wildman–Crippen MR) is 58.9 cm³/mol.